The Labute approximate surface area is 159 Å². The maximum atomic E-state index is 12.0. The van der Waals surface area contributed by atoms with Gasteiger partial charge in [0.25, 0.3) is 0 Å². The molecule has 132 valence electrons. The molecule has 3 rings (SSSR count). The Bertz CT molecular complexity index is 957. The average Bonchev–Trinajstić information content (AvgIpc) is 3.11. The number of nitrogens with one attached hydrogen (secondary N) is 2. The Morgan fingerprint density at radius 2 is 2.00 bits per heavy atom. The van der Waals surface area contributed by atoms with Crippen molar-refractivity contribution in [1.29, 1.82) is 0 Å². The highest BCUT2D eigenvalue weighted by Crippen LogP contribution is 2.24. The summed E-state index contributed by atoms with van der Waals surface area (Å²) >= 11 is 7.23. The summed E-state index contributed by atoms with van der Waals surface area (Å²) in [5.41, 5.74) is 5.00. The fraction of sp³-hybridized carbons (Fsp3) is 0.0556. The van der Waals surface area contributed by atoms with Gasteiger partial charge in [0.2, 0.25) is 0 Å². The smallest absolute Gasteiger partial charge is 0.341 e. The third-order valence-electron chi connectivity index (χ3n) is 3.47. The summed E-state index contributed by atoms with van der Waals surface area (Å²) in [5.74, 6) is 0.0327. The molecule has 0 aliphatic rings. The molecule has 0 radical (unpaired) electrons. The average molecular weight is 387 g/mol. The van der Waals surface area contributed by atoms with E-state index < -0.39 is 6.03 Å². The van der Waals surface area contributed by atoms with Gasteiger partial charge in [-0.1, -0.05) is 41.9 Å². The quantitative estimate of drug-likeness (QED) is 0.448. The Balaban J connectivity index is 1.64. The monoisotopic (exact) mass is 386 g/mol. The third-order valence-corrected chi connectivity index (χ3v) is 4.46. The number of hydrazone groups is 1. The van der Waals surface area contributed by atoms with Crippen LogP contribution < -0.4 is 10.7 Å². The molecule has 0 fully saturated rings. The zero-order valence-electron chi connectivity index (χ0n) is 13.7. The molecule has 0 saturated carbocycles. The van der Waals surface area contributed by atoms with Gasteiger partial charge in [-0.3, -0.25) is 5.32 Å². The standard InChI is InChI=1S/C18H15ClN4O2S/c1-11(14-9-13(19)7-8-16(14)24)22-23-17(25)21-18-20-15(10-26-18)12-5-3-2-4-6-12/h2-10,24H,1H3,(H2,20,21,23,25). The predicted octanol–water partition coefficient (Wildman–Crippen LogP) is 4.71. The second-order valence-corrected chi connectivity index (χ2v) is 6.62. The lowest BCUT2D eigenvalue weighted by atomic mass is 10.1. The number of halogens is 1. The molecule has 1 aromatic heterocycles. The number of carbonyl (C=O) groups is 1. The molecule has 0 aliphatic carbocycles. The van der Waals surface area contributed by atoms with Crippen molar-refractivity contribution in [1.82, 2.24) is 10.4 Å². The lowest BCUT2D eigenvalue weighted by molar-refractivity contribution is 0.252. The largest absolute Gasteiger partial charge is 0.507 e. The predicted molar refractivity (Wildman–Crippen MR) is 105 cm³/mol. The molecular weight excluding hydrogens is 372 g/mol. The number of urea groups is 1. The van der Waals surface area contributed by atoms with Crippen molar-refractivity contribution >= 4 is 39.8 Å². The number of rotatable bonds is 4. The van der Waals surface area contributed by atoms with E-state index in [1.807, 2.05) is 35.7 Å². The molecule has 3 aromatic rings. The minimum absolute atomic E-state index is 0.0327. The Hall–Kier alpha value is -2.90. The van der Waals surface area contributed by atoms with Crippen molar-refractivity contribution in [3.8, 4) is 17.0 Å². The Morgan fingerprint density at radius 1 is 1.23 bits per heavy atom. The van der Waals surface area contributed by atoms with Crippen molar-refractivity contribution in [3.63, 3.8) is 0 Å². The van der Waals surface area contributed by atoms with Gasteiger partial charge < -0.3 is 5.11 Å². The van der Waals surface area contributed by atoms with Crippen LogP contribution in [0.15, 0.2) is 59.0 Å². The molecule has 0 bridgehead atoms. The van der Waals surface area contributed by atoms with Crippen LogP contribution in [0.4, 0.5) is 9.93 Å². The molecule has 2 aromatic carbocycles. The summed E-state index contributed by atoms with van der Waals surface area (Å²) in [7, 11) is 0. The normalized spacial score (nSPS) is 11.2. The highest BCUT2D eigenvalue weighted by molar-refractivity contribution is 7.14. The number of thiazole rings is 1. The van der Waals surface area contributed by atoms with Crippen LogP contribution >= 0.6 is 22.9 Å². The first kappa shape index (κ1) is 17.9. The number of phenols is 1. The zero-order chi connectivity index (χ0) is 18.5. The highest BCUT2D eigenvalue weighted by atomic mass is 35.5. The molecule has 0 saturated heterocycles. The van der Waals surface area contributed by atoms with Crippen LogP contribution in [0.5, 0.6) is 5.75 Å². The third kappa shape index (κ3) is 4.38. The first-order chi connectivity index (χ1) is 12.5. The number of aromatic hydroxyl groups is 1. The van der Waals surface area contributed by atoms with Crippen molar-refractivity contribution in [2.45, 2.75) is 6.92 Å². The van der Waals surface area contributed by atoms with E-state index >= 15 is 0 Å². The second kappa shape index (κ2) is 7.99. The summed E-state index contributed by atoms with van der Waals surface area (Å²) < 4.78 is 0. The van der Waals surface area contributed by atoms with Crippen LogP contribution in [0.3, 0.4) is 0 Å². The van der Waals surface area contributed by atoms with E-state index in [1.54, 1.807) is 19.1 Å². The van der Waals surface area contributed by atoms with Crippen LogP contribution in [-0.4, -0.2) is 21.8 Å². The fourth-order valence-electron chi connectivity index (χ4n) is 2.19. The van der Waals surface area contributed by atoms with E-state index in [2.05, 4.69) is 20.8 Å². The number of benzene rings is 2. The molecule has 0 unspecified atom stereocenters. The SMILES string of the molecule is CC(=NNC(=O)Nc1nc(-c2ccccc2)cs1)c1cc(Cl)ccc1O. The summed E-state index contributed by atoms with van der Waals surface area (Å²) in [6.07, 6.45) is 0. The van der Waals surface area contributed by atoms with E-state index in [9.17, 15) is 9.90 Å². The van der Waals surface area contributed by atoms with Gasteiger partial charge in [-0.15, -0.1) is 11.3 Å². The molecule has 0 aliphatic heterocycles. The maximum Gasteiger partial charge on any atom is 0.341 e. The van der Waals surface area contributed by atoms with Gasteiger partial charge in [-0.25, -0.2) is 15.2 Å². The van der Waals surface area contributed by atoms with E-state index in [0.29, 0.717) is 21.4 Å². The van der Waals surface area contributed by atoms with Gasteiger partial charge in [0.1, 0.15) is 5.75 Å². The van der Waals surface area contributed by atoms with Gasteiger partial charge in [0.05, 0.1) is 11.4 Å². The number of aromatic nitrogens is 1. The Morgan fingerprint density at radius 3 is 2.77 bits per heavy atom. The van der Waals surface area contributed by atoms with Gasteiger partial charge in [-0.05, 0) is 25.1 Å². The van der Waals surface area contributed by atoms with Gasteiger partial charge in [-0.2, -0.15) is 5.10 Å². The molecule has 1 heterocycles. The summed E-state index contributed by atoms with van der Waals surface area (Å²) in [6.45, 7) is 1.66. The second-order valence-electron chi connectivity index (χ2n) is 5.33. The van der Waals surface area contributed by atoms with Gasteiger partial charge in [0.15, 0.2) is 5.13 Å². The molecule has 8 heteroatoms. The number of nitrogens with zero attached hydrogens (tertiary/aromatic N) is 2. The van der Waals surface area contributed by atoms with E-state index in [1.165, 1.54) is 17.4 Å². The number of phenolic OH excluding ortho intramolecular Hbond substituents is 1. The van der Waals surface area contributed by atoms with Crippen LogP contribution in [0.1, 0.15) is 12.5 Å². The molecule has 3 N–H and O–H groups in total. The molecule has 0 atom stereocenters. The number of anilines is 1. The lowest BCUT2D eigenvalue weighted by Gasteiger charge is -2.05. The van der Waals surface area contributed by atoms with Crippen LogP contribution in [0, 0.1) is 0 Å². The van der Waals surface area contributed by atoms with Gasteiger partial charge in [0, 0.05) is 21.5 Å². The Kier molecular flexibility index (Phi) is 5.50. The topological polar surface area (TPSA) is 86.6 Å². The first-order valence-electron chi connectivity index (χ1n) is 7.64. The first-order valence-corrected chi connectivity index (χ1v) is 8.90. The molecule has 0 spiro atoms. The zero-order valence-corrected chi connectivity index (χ0v) is 15.3. The van der Waals surface area contributed by atoms with Crippen LogP contribution in [-0.2, 0) is 0 Å². The molecule has 26 heavy (non-hydrogen) atoms. The van der Waals surface area contributed by atoms with E-state index in [4.69, 9.17) is 11.6 Å². The molecule has 6 nitrogen and oxygen atoms in total. The van der Waals surface area contributed by atoms with Gasteiger partial charge >= 0.3 is 6.03 Å². The highest BCUT2D eigenvalue weighted by Gasteiger charge is 2.09. The van der Waals surface area contributed by atoms with E-state index in [-0.39, 0.29) is 5.75 Å². The van der Waals surface area contributed by atoms with Crippen molar-refractivity contribution in [2.24, 2.45) is 5.10 Å². The van der Waals surface area contributed by atoms with E-state index in [0.717, 1.165) is 11.3 Å². The fourth-order valence-corrected chi connectivity index (χ4v) is 3.08. The van der Waals surface area contributed by atoms with Crippen molar-refractivity contribution < 1.29 is 9.90 Å². The summed E-state index contributed by atoms with van der Waals surface area (Å²) in [6, 6.07) is 13.8. The van der Waals surface area contributed by atoms with Crippen molar-refractivity contribution in [3.05, 3.63) is 64.5 Å². The molecule has 2 amide bonds. The molecular formula is C18H15ClN4O2S. The van der Waals surface area contributed by atoms with Crippen molar-refractivity contribution in [2.75, 3.05) is 5.32 Å². The summed E-state index contributed by atoms with van der Waals surface area (Å²) in [4.78, 5) is 16.4. The number of carbonyl (C=O) groups excluding carboxylic acids is 1. The maximum absolute atomic E-state index is 12.0. The number of amides is 2. The minimum Gasteiger partial charge on any atom is -0.507 e. The lowest BCUT2D eigenvalue weighted by Crippen LogP contribution is -2.25. The minimum atomic E-state index is -0.528. The number of hydrogen-bond acceptors (Lipinski definition) is 5. The number of hydrogen-bond donors (Lipinski definition) is 3. The summed E-state index contributed by atoms with van der Waals surface area (Å²) in [5, 5.41) is 19.2. The van der Waals surface area contributed by atoms with Crippen LogP contribution in [0.2, 0.25) is 5.02 Å². The van der Waals surface area contributed by atoms with Crippen LogP contribution in [0.25, 0.3) is 11.3 Å².